The van der Waals surface area contributed by atoms with E-state index in [1.807, 2.05) is 32.0 Å². The molecule has 4 bridgehead atoms. The molecule has 0 atom stereocenters. The Morgan fingerprint density at radius 1 is 1.13 bits per heavy atom. The number of carbonyl (C=O) groups excluding carboxylic acids is 1. The molecule has 0 aliphatic heterocycles. The van der Waals surface area contributed by atoms with Crippen LogP contribution < -0.4 is 5.32 Å². The minimum absolute atomic E-state index is 0.161. The summed E-state index contributed by atoms with van der Waals surface area (Å²) >= 11 is 0. The van der Waals surface area contributed by atoms with Crippen molar-refractivity contribution in [3.63, 3.8) is 0 Å². The van der Waals surface area contributed by atoms with Gasteiger partial charge in [0.05, 0.1) is 23.0 Å². The van der Waals surface area contributed by atoms with Crippen LogP contribution in [-0.2, 0) is 4.74 Å². The normalized spacial score (nSPS) is 28.9. The largest absolute Gasteiger partial charge is 0.459 e. The number of anilines is 1. The maximum absolute atomic E-state index is 12.5. The molecule has 1 aromatic heterocycles. The lowest BCUT2D eigenvalue weighted by molar-refractivity contribution is 0.0107. The van der Waals surface area contributed by atoms with Gasteiger partial charge in [0.25, 0.3) is 0 Å². The second-order valence-corrected chi connectivity index (χ2v) is 9.94. The molecule has 0 radical (unpaired) electrons. The number of hydrogen-bond acceptors (Lipinski definition) is 6. The first-order chi connectivity index (χ1) is 15.0. The molecule has 1 N–H and O–H groups in total. The SMILES string of the molecule is CC(C)OC(=O)c1ccc(NC23CC4CC(CC(C4)C2)C3)c(/N=C/c2cncnc2)c1. The van der Waals surface area contributed by atoms with E-state index in [2.05, 4.69) is 15.3 Å². The molecule has 0 saturated heterocycles. The molecule has 6 nitrogen and oxygen atoms in total. The standard InChI is InChI=1S/C25H30N4O2/c1-16(2)31-24(30)21-3-4-22(23(8-21)28-14-20-12-26-15-27-13-20)29-25-9-17-5-18(10-25)7-19(6-17)11-25/h3-4,8,12-19,29H,5-7,9-11H2,1-2H3/b28-14+. The van der Waals surface area contributed by atoms with E-state index in [4.69, 9.17) is 9.73 Å². The van der Waals surface area contributed by atoms with Crippen molar-refractivity contribution in [2.45, 2.75) is 64.0 Å². The summed E-state index contributed by atoms with van der Waals surface area (Å²) in [5.74, 6) is 2.24. The fraction of sp³-hybridized carbons (Fsp3) is 0.520. The number of carbonyl (C=O) groups is 1. The van der Waals surface area contributed by atoms with Crippen LogP contribution >= 0.6 is 0 Å². The van der Waals surface area contributed by atoms with E-state index in [1.54, 1.807) is 18.6 Å². The summed E-state index contributed by atoms with van der Waals surface area (Å²) in [6, 6.07) is 5.66. The first kappa shape index (κ1) is 20.2. The molecule has 4 aliphatic rings. The average molecular weight is 419 g/mol. The predicted molar refractivity (Wildman–Crippen MR) is 121 cm³/mol. The van der Waals surface area contributed by atoms with E-state index >= 15 is 0 Å². The van der Waals surface area contributed by atoms with Crippen LogP contribution in [0.1, 0.15) is 68.3 Å². The second kappa shape index (κ2) is 8.06. The van der Waals surface area contributed by atoms with Gasteiger partial charge in [-0.25, -0.2) is 14.8 Å². The molecule has 2 aromatic rings. The van der Waals surface area contributed by atoms with Crippen LogP contribution in [0.3, 0.4) is 0 Å². The predicted octanol–water partition coefficient (Wildman–Crippen LogP) is 5.17. The third kappa shape index (κ3) is 4.34. The number of benzene rings is 1. The summed E-state index contributed by atoms with van der Waals surface area (Å²) in [4.78, 5) is 25.3. The lowest BCUT2D eigenvalue weighted by atomic mass is 9.53. The first-order valence-electron chi connectivity index (χ1n) is 11.4. The van der Waals surface area contributed by atoms with Gasteiger partial charge in [-0.3, -0.25) is 4.99 Å². The molecule has 4 saturated carbocycles. The molecular formula is C25H30N4O2. The van der Waals surface area contributed by atoms with Crippen LogP contribution in [0.25, 0.3) is 0 Å². The Balaban J connectivity index is 1.45. The van der Waals surface area contributed by atoms with Crippen molar-refractivity contribution < 1.29 is 9.53 Å². The van der Waals surface area contributed by atoms with E-state index < -0.39 is 0 Å². The number of nitrogens with one attached hydrogen (secondary N) is 1. The summed E-state index contributed by atoms with van der Waals surface area (Å²) in [6.45, 7) is 3.71. The number of nitrogens with zero attached hydrogens (tertiary/aromatic N) is 3. The van der Waals surface area contributed by atoms with Gasteiger partial charge in [0.1, 0.15) is 6.33 Å². The quantitative estimate of drug-likeness (QED) is 0.517. The minimum Gasteiger partial charge on any atom is -0.459 e. The van der Waals surface area contributed by atoms with Crippen molar-refractivity contribution in [2.75, 3.05) is 5.32 Å². The highest BCUT2D eigenvalue weighted by atomic mass is 16.5. The van der Waals surface area contributed by atoms with Gasteiger partial charge >= 0.3 is 5.97 Å². The van der Waals surface area contributed by atoms with Crippen LogP contribution in [0.2, 0.25) is 0 Å². The molecule has 1 heterocycles. The Morgan fingerprint density at radius 2 is 1.77 bits per heavy atom. The molecule has 0 unspecified atom stereocenters. The summed E-state index contributed by atoms with van der Waals surface area (Å²) in [7, 11) is 0. The van der Waals surface area contributed by atoms with Gasteiger partial charge in [0.2, 0.25) is 0 Å². The van der Waals surface area contributed by atoms with Crippen LogP contribution in [0.5, 0.6) is 0 Å². The Hall–Kier alpha value is -2.76. The zero-order valence-corrected chi connectivity index (χ0v) is 18.3. The summed E-state index contributed by atoms with van der Waals surface area (Å²) in [6.07, 6.45) is 14.5. The highest BCUT2D eigenvalue weighted by Crippen LogP contribution is 2.57. The maximum atomic E-state index is 12.5. The Labute approximate surface area is 183 Å². The first-order valence-corrected chi connectivity index (χ1v) is 11.4. The summed E-state index contributed by atoms with van der Waals surface area (Å²) < 4.78 is 5.40. The van der Waals surface area contributed by atoms with Gasteiger partial charge in [-0.15, -0.1) is 0 Å². The molecule has 162 valence electrons. The molecule has 6 heteroatoms. The summed E-state index contributed by atoms with van der Waals surface area (Å²) in [5.41, 5.74) is 3.23. The van der Waals surface area contributed by atoms with E-state index in [0.717, 1.165) is 34.7 Å². The van der Waals surface area contributed by atoms with Gasteiger partial charge in [-0.05, 0) is 88.3 Å². The topological polar surface area (TPSA) is 76.5 Å². The van der Waals surface area contributed by atoms with Gasteiger partial charge in [-0.2, -0.15) is 0 Å². The van der Waals surface area contributed by atoms with Crippen molar-refractivity contribution in [1.82, 2.24) is 9.97 Å². The molecule has 4 fully saturated rings. The highest BCUT2D eigenvalue weighted by Gasteiger charge is 2.51. The fourth-order valence-corrected chi connectivity index (χ4v) is 6.22. The van der Waals surface area contributed by atoms with Crippen molar-refractivity contribution in [3.05, 3.63) is 48.0 Å². The number of hydrogen-bond donors (Lipinski definition) is 1. The highest BCUT2D eigenvalue weighted by molar-refractivity contribution is 5.93. The maximum Gasteiger partial charge on any atom is 0.338 e. The van der Waals surface area contributed by atoms with Crippen molar-refractivity contribution in [1.29, 1.82) is 0 Å². The third-order valence-electron chi connectivity index (χ3n) is 6.95. The molecule has 31 heavy (non-hydrogen) atoms. The fourth-order valence-electron chi connectivity index (χ4n) is 6.22. The Morgan fingerprint density at radius 3 is 2.39 bits per heavy atom. The smallest absolute Gasteiger partial charge is 0.338 e. The Bertz CT molecular complexity index is 951. The molecule has 0 spiro atoms. The molecule has 1 aromatic carbocycles. The van der Waals surface area contributed by atoms with Crippen LogP contribution in [0.15, 0.2) is 41.9 Å². The van der Waals surface area contributed by atoms with Gasteiger partial charge in [0.15, 0.2) is 0 Å². The van der Waals surface area contributed by atoms with Crippen LogP contribution in [0.4, 0.5) is 11.4 Å². The van der Waals surface area contributed by atoms with E-state index in [9.17, 15) is 4.79 Å². The van der Waals surface area contributed by atoms with Crippen molar-refractivity contribution >= 4 is 23.6 Å². The number of aliphatic imine (C=N–C) groups is 1. The number of aromatic nitrogens is 2. The molecule has 6 rings (SSSR count). The summed E-state index contributed by atoms with van der Waals surface area (Å²) in [5, 5.41) is 3.90. The molecule has 4 aliphatic carbocycles. The van der Waals surface area contributed by atoms with Crippen LogP contribution in [-0.4, -0.2) is 33.8 Å². The Kier molecular flexibility index (Phi) is 5.24. The second-order valence-electron chi connectivity index (χ2n) is 9.94. The van der Waals surface area contributed by atoms with Gasteiger partial charge in [-0.1, -0.05) is 0 Å². The average Bonchev–Trinajstić information content (AvgIpc) is 2.72. The van der Waals surface area contributed by atoms with Gasteiger partial charge < -0.3 is 10.1 Å². The van der Waals surface area contributed by atoms with E-state index in [0.29, 0.717) is 5.56 Å². The van der Waals surface area contributed by atoms with Gasteiger partial charge in [0, 0.05) is 29.7 Å². The minimum atomic E-state index is -0.323. The number of esters is 1. The van der Waals surface area contributed by atoms with Crippen molar-refractivity contribution in [3.8, 4) is 0 Å². The lowest BCUT2D eigenvalue weighted by Gasteiger charge is -2.57. The molecule has 0 amide bonds. The van der Waals surface area contributed by atoms with E-state index in [-0.39, 0.29) is 17.6 Å². The number of rotatable bonds is 6. The number of ether oxygens (including phenoxy) is 1. The van der Waals surface area contributed by atoms with Crippen LogP contribution in [0, 0.1) is 17.8 Å². The molecular weight excluding hydrogens is 388 g/mol. The third-order valence-corrected chi connectivity index (χ3v) is 6.95. The van der Waals surface area contributed by atoms with E-state index in [1.165, 1.54) is 44.9 Å². The zero-order chi connectivity index (χ0) is 21.4. The van der Waals surface area contributed by atoms with Crippen molar-refractivity contribution in [2.24, 2.45) is 22.7 Å². The lowest BCUT2D eigenvalue weighted by Crippen LogP contribution is -2.54. The zero-order valence-electron chi connectivity index (χ0n) is 18.3. The monoisotopic (exact) mass is 418 g/mol.